The third kappa shape index (κ3) is 3.18. The number of rotatable bonds is 3. The van der Waals surface area contributed by atoms with E-state index >= 15 is 0 Å². The largest absolute Gasteiger partial charge is 0.454 e. The molecule has 0 aliphatic heterocycles. The molecule has 1 heterocycles. The van der Waals surface area contributed by atoms with Gasteiger partial charge in [0.25, 0.3) is 0 Å². The van der Waals surface area contributed by atoms with E-state index in [9.17, 15) is 5.26 Å². The van der Waals surface area contributed by atoms with Gasteiger partial charge < -0.3 is 4.42 Å². The molecule has 0 N–H and O–H groups in total. The monoisotopic (exact) mass is 492 g/mol. The Bertz CT molecular complexity index is 1230. The molecule has 4 heteroatoms. The molecule has 0 spiro atoms. The summed E-state index contributed by atoms with van der Waals surface area (Å²) >= 11 is 2.27. The number of halogens is 1. The summed E-state index contributed by atoms with van der Waals surface area (Å²) in [5.74, 6) is 0.589. The summed E-state index contributed by atoms with van der Waals surface area (Å²) in [6, 6.07) is 22.8. The molecule has 0 saturated heterocycles. The predicted molar refractivity (Wildman–Crippen MR) is 127 cm³/mol. The van der Waals surface area contributed by atoms with E-state index in [2.05, 4.69) is 65.3 Å². The Kier molecular flexibility index (Phi) is 4.92. The molecule has 3 aromatic carbocycles. The molecule has 0 bridgehead atoms. The minimum absolute atomic E-state index is 0.589. The van der Waals surface area contributed by atoms with E-state index in [4.69, 9.17) is 4.42 Å². The van der Waals surface area contributed by atoms with Crippen molar-refractivity contribution in [3.05, 3.63) is 71.8 Å². The average Bonchev–Trinajstić information content (AvgIpc) is 3.18. The standard InChI is InChI=1S/C25H21IN2O/c26-28(22-14-5-4-10-18(22)16-27)23-15-7-13-21-20-12-6-11-19(24(20)29-25(21)23)17-8-2-1-3-9-17/h4-7,10-15,17H,1-3,8-9H2. The van der Waals surface area contributed by atoms with Crippen molar-refractivity contribution in [1.29, 1.82) is 5.26 Å². The summed E-state index contributed by atoms with van der Waals surface area (Å²) in [7, 11) is 0. The lowest BCUT2D eigenvalue weighted by molar-refractivity contribution is 0.442. The zero-order chi connectivity index (χ0) is 19.8. The maximum atomic E-state index is 9.52. The van der Waals surface area contributed by atoms with Crippen molar-refractivity contribution in [2.75, 3.05) is 3.11 Å². The van der Waals surface area contributed by atoms with Gasteiger partial charge >= 0.3 is 0 Å². The zero-order valence-electron chi connectivity index (χ0n) is 16.1. The molecular weight excluding hydrogens is 471 g/mol. The second kappa shape index (κ2) is 7.72. The van der Waals surface area contributed by atoms with E-state index in [0.29, 0.717) is 11.5 Å². The van der Waals surface area contributed by atoms with Crippen molar-refractivity contribution in [3.63, 3.8) is 0 Å². The zero-order valence-corrected chi connectivity index (χ0v) is 18.2. The van der Waals surface area contributed by atoms with Crippen LogP contribution in [0.1, 0.15) is 49.1 Å². The first-order valence-electron chi connectivity index (χ1n) is 10.2. The van der Waals surface area contributed by atoms with Crippen LogP contribution in [0.4, 0.5) is 11.4 Å². The Labute approximate surface area is 184 Å². The summed E-state index contributed by atoms with van der Waals surface area (Å²) in [6.45, 7) is 0. The van der Waals surface area contributed by atoms with Crippen LogP contribution in [0.5, 0.6) is 0 Å². The van der Waals surface area contributed by atoms with Crippen LogP contribution >= 0.6 is 22.9 Å². The fourth-order valence-electron chi connectivity index (χ4n) is 4.59. The SMILES string of the molecule is N#Cc1ccccc1N(I)c1cccc2c1oc1c(C3CCCCC3)cccc12. The molecule has 0 atom stereocenters. The lowest BCUT2D eigenvalue weighted by Gasteiger charge is -2.21. The van der Waals surface area contributed by atoms with Crippen molar-refractivity contribution >= 4 is 56.2 Å². The summed E-state index contributed by atoms with van der Waals surface area (Å²) in [5, 5.41) is 11.8. The molecule has 1 aliphatic rings. The number of anilines is 2. The minimum Gasteiger partial charge on any atom is -0.454 e. The van der Waals surface area contributed by atoms with Gasteiger partial charge in [0.2, 0.25) is 0 Å². The number of nitriles is 1. The predicted octanol–water partition coefficient (Wildman–Crippen LogP) is 7.99. The van der Waals surface area contributed by atoms with Crippen molar-refractivity contribution in [2.45, 2.75) is 38.0 Å². The Hall–Kier alpha value is -2.52. The smallest absolute Gasteiger partial charge is 0.159 e. The van der Waals surface area contributed by atoms with Gasteiger partial charge in [-0.15, -0.1) is 0 Å². The van der Waals surface area contributed by atoms with Gasteiger partial charge in [-0.25, -0.2) is 0 Å². The van der Waals surface area contributed by atoms with Crippen molar-refractivity contribution in [1.82, 2.24) is 0 Å². The van der Waals surface area contributed by atoms with Gasteiger partial charge in [-0.3, -0.25) is 3.11 Å². The highest BCUT2D eigenvalue weighted by atomic mass is 127. The summed E-state index contributed by atoms with van der Waals surface area (Å²) < 4.78 is 8.58. The molecular formula is C25H21IN2O. The highest BCUT2D eigenvalue weighted by molar-refractivity contribution is 14.1. The molecule has 1 saturated carbocycles. The molecule has 1 aromatic heterocycles. The van der Waals surface area contributed by atoms with E-state index in [0.717, 1.165) is 27.9 Å². The summed E-state index contributed by atoms with van der Waals surface area (Å²) in [6.07, 6.45) is 6.45. The number of hydrogen-bond acceptors (Lipinski definition) is 3. The summed E-state index contributed by atoms with van der Waals surface area (Å²) in [5.41, 5.74) is 5.75. The third-order valence-corrected chi connectivity index (χ3v) is 7.07. The maximum Gasteiger partial charge on any atom is 0.159 e. The molecule has 1 fully saturated rings. The number of benzene rings is 3. The van der Waals surface area contributed by atoms with Gasteiger partial charge in [0.1, 0.15) is 11.7 Å². The van der Waals surface area contributed by atoms with Gasteiger partial charge in [-0.2, -0.15) is 5.26 Å². The van der Waals surface area contributed by atoms with Gasteiger partial charge in [-0.05, 0) is 42.5 Å². The molecule has 0 radical (unpaired) electrons. The molecule has 4 aromatic rings. The van der Waals surface area contributed by atoms with Crippen LogP contribution < -0.4 is 3.11 Å². The highest BCUT2D eigenvalue weighted by Gasteiger charge is 2.22. The summed E-state index contributed by atoms with van der Waals surface area (Å²) in [4.78, 5) is 0. The Balaban J connectivity index is 1.69. The first-order valence-corrected chi connectivity index (χ1v) is 11.1. The second-order valence-electron chi connectivity index (χ2n) is 7.72. The van der Waals surface area contributed by atoms with Crippen LogP contribution in [-0.4, -0.2) is 0 Å². The average molecular weight is 492 g/mol. The van der Waals surface area contributed by atoms with E-state index in [1.165, 1.54) is 43.1 Å². The normalized spacial score (nSPS) is 14.9. The number of furan rings is 1. The Morgan fingerprint density at radius 1 is 0.828 bits per heavy atom. The van der Waals surface area contributed by atoms with Crippen molar-refractivity contribution in [3.8, 4) is 6.07 Å². The van der Waals surface area contributed by atoms with E-state index in [1.54, 1.807) is 0 Å². The molecule has 1 aliphatic carbocycles. The third-order valence-electron chi connectivity index (χ3n) is 6.03. The number of hydrogen-bond donors (Lipinski definition) is 0. The van der Waals surface area contributed by atoms with E-state index < -0.39 is 0 Å². The molecule has 29 heavy (non-hydrogen) atoms. The van der Waals surface area contributed by atoms with Crippen LogP contribution in [-0.2, 0) is 0 Å². The quantitative estimate of drug-likeness (QED) is 0.215. The number of para-hydroxylation sites is 3. The Morgan fingerprint density at radius 2 is 1.52 bits per heavy atom. The molecule has 0 amide bonds. The first-order chi connectivity index (χ1) is 14.3. The lowest BCUT2D eigenvalue weighted by Crippen LogP contribution is -2.04. The van der Waals surface area contributed by atoms with Crippen LogP contribution in [0.2, 0.25) is 0 Å². The topological polar surface area (TPSA) is 40.2 Å². The van der Waals surface area contributed by atoms with E-state index in [-0.39, 0.29) is 0 Å². The fraction of sp³-hybridized carbons (Fsp3) is 0.240. The molecule has 5 rings (SSSR count). The Morgan fingerprint density at radius 3 is 2.31 bits per heavy atom. The minimum atomic E-state index is 0.589. The number of nitrogens with zero attached hydrogens (tertiary/aromatic N) is 2. The van der Waals surface area contributed by atoms with E-state index in [1.807, 2.05) is 27.4 Å². The van der Waals surface area contributed by atoms with Gasteiger partial charge in [-0.1, -0.05) is 61.7 Å². The van der Waals surface area contributed by atoms with Crippen molar-refractivity contribution < 1.29 is 4.42 Å². The second-order valence-corrected chi connectivity index (χ2v) is 8.69. The van der Waals surface area contributed by atoms with Crippen LogP contribution in [0.15, 0.2) is 65.1 Å². The maximum absolute atomic E-state index is 9.52. The van der Waals surface area contributed by atoms with Gasteiger partial charge in [0.05, 0.1) is 39.8 Å². The lowest BCUT2D eigenvalue weighted by atomic mass is 9.83. The first kappa shape index (κ1) is 18.5. The fourth-order valence-corrected chi connectivity index (χ4v) is 5.39. The molecule has 0 unspecified atom stereocenters. The molecule has 144 valence electrons. The highest BCUT2D eigenvalue weighted by Crippen LogP contribution is 2.44. The van der Waals surface area contributed by atoms with Crippen LogP contribution in [0, 0.1) is 11.3 Å². The van der Waals surface area contributed by atoms with Crippen LogP contribution in [0.3, 0.4) is 0 Å². The number of fused-ring (bicyclic) bond motifs is 3. The molecule has 3 nitrogen and oxygen atoms in total. The van der Waals surface area contributed by atoms with Gasteiger partial charge in [0.15, 0.2) is 5.58 Å². The van der Waals surface area contributed by atoms with Crippen molar-refractivity contribution in [2.24, 2.45) is 0 Å². The van der Waals surface area contributed by atoms with Gasteiger partial charge in [0, 0.05) is 10.8 Å². The van der Waals surface area contributed by atoms with Crippen LogP contribution in [0.25, 0.3) is 21.9 Å².